The largest absolute Gasteiger partial charge is 0.445 e. The number of halogens is 1. The van der Waals surface area contributed by atoms with Crippen LogP contribution >= 0.6 is 11.6 Å². The number of amides is 1. The summed E-state index contributed by atoms with van der Waals surface area (Å²) >= 11 is 6.36. The van der Waals surface area contributed by atoms with Crippen molar-refractivity contribution >= 4 is 34.7 Å². The number of H-pyrrole nitrogens is 1. The van der Waals surface area contributed by atoms with Crippen molar-refractivity contribution < 1.29 is 9.53 Å². The lowest BCUT2D eigenvalue weighted by atomic mass is 9.59. The average molecular weight is 503 g/mol. The van der Waals surface area contributed by atoms with E-state index in [9.17, 15) is 4.79 Å². The van der Waals surface area contributed by atoms with Crippen LogP contribution in [0.25, 0.3) is 22.4 Å². The number of hydrogen-bond donors (Lipinski definition) is 2. The summed E-state index contributed by atoms with van der Waals surface area (Å²) < 4.78 is 5.44. The first-order valence-corrected chi connectivity index (χ1v) is 12.7. The van der Waals surface area contributed by atoms with Gasteiger partial charge >= 0.3 is 6.09 Å². The van der Waals surface area contributed by atoms with Crippen LogP contribution in [0.15, 0.2) is 60.8 Å². The molecule has 184 valence electrons. The number of carbonyl (C=O) groups is 1. The zero-order chi connectivity index (χ0) is 24.5. The molecule has 1 aliphatic heterocycles. The Morgan fingerprint density at radius 3 is 2.64 bits per heavy atom. The molecule has 1 spiro atoms. The third-order valence-corrected chi connectivity index (χ3v) is 7.97. The number of nitrogens with one attached hydrogen (secondary N) is 2. The fraction of sp³-hybridized carbons (Fsp3) is 0.333. The molecule has 2 N–H and O–H groups in total. The van der Waals surface area contributed by atoms with Crippen LogP contribution in [-0.2, 0) is 11.3 Å². The van der Waals surface area contributed by atoms with E-state index in [1.165, 1.54) is 0 Å². The molecule has 0 radical (unpaired) electrons. The number of ether oxygens (including phenoxy) is 1. The van der Waals surface area contributed by atoms with Crippen LogP contribution in [0.2, 0.25) is 5.02 Å². The van der Waals surface area contributed by atoms with Crippen LogP contribution < -0.4 is 10.2 Å². The number of benzene rings is 2. The molecular weight excluding hydrogens is 476 g/mol. The van der Waals surface area contributed by atoms with Gasteiger partial charge in [-0.05, 0) is 42.7 Å². The predicted molar refractivity (Wildman–Crippen MR) is 139 cm³/mol. The highest BCUT2D eigenvalue weighted by Gasteiger charge is 2.49. The number of aromatic amines is 1. The highest BCUT2D eigenvalue weighted by Crippen LogP contribution is 2.49. The molecule has 4 aromatic rings. The summed E-state index contributed by atoms with van der Waals surface area (Å²) in [6.07, 6.45) is 5.57. The summed E-state index contributed by atoms with van der Waals surface area (Å²) in [7, 11) is 0. The molecule has 9 heteroatoms. The zero-order valence-electron chi connectivity index (χ0n) is 19.8. The Balaban J connectivity index is 1.08. The number of fused-ring (bicyclic) bond motifs is 1. The lowest BCUT2D eigenvalue weighted by molar-refractivity contribution is 0.0315. The topological polar surface area (TPSA) is 96.0 Å². The van der Waals surface area contributed by atoms with Crippen LogP contribution in [0.4, 0.5) is 10.6 Å². The van der Waals surface area contributed by atoms with Crippen molar-refractivity contribution in [3.05, 3.63) is 71.4 Å². The molecule has 1 aliphatic carbocycles. The molecule has 2 fully saturated rings. The predicted octanol–water partition coefficient (Wildman–Crippen LogP) is 5.35. The van der Waals surface area contributed by atoms with Crippen LogP contribution in [0.3, 0.4) is 0 Å². The van der Waals surface area contributed by atoms with E-state index in [0.29, 0.717) is 21.9 Å². The molecule has 2 aliphatic rings. The number of anilines is 1. The molecule has 8 nitrogen and oxygen atoms in total. The molecule has 1 amide bonds. The molecule has 1 saturated carbocycles. The first-order chi connectivity index (χ1) is 17.6. The van der Waals surface area contributed by atoms with Gasteiger partial charge in [0.25, 0.3) is 0 Å². The minimum Gasteiger partial charge on any atom is -0.445 e. The second kappa shape index (κ2) is 9.43. The summed E-state index contributed by atoms with van der Waals surface area (Å²) in [6.45, 7) is 2.01. The fourth-order valence-electron chi connectivity index (χ4n) is 5.40. The van der Waals surface area contributed by atoms with Crippen LogP contribution in [0.5, 0.6) is 0 Å². The number of aromatic nitrogens is 4. The van der Waals surface area contributed by atoms with E-state index in [2.05, 4.69) is 25.4 Å². The molecule has 36 heavy (non-hydrogen) atoms. The quantitative estimate of drug-likeness (QED) is 0.382. The van der Waals surface area contributed by atoms with E-state index in [1.807, 2.05) is 60.8 Å². The summed E-state index contributed by atoms with van der Waals surface area (Å²) in [5.41, 5.74) is 4.00. The fourth-order valence-corrected chi connectivity index (χ4v) is 5.62. The Hall–Kier alpha value is -3.65. The van der Waals surface area contributed by atoms with Crippen molar-refractivity contribution in [2.75, 3.05) is 18.0 Å². The number of rotatable bonds is 5. The summed E-state index contributed by atoms with van der Waals surface area (Å²) in [6, 6.07) is 17.5. The molecule has 2 aromatic heterocycles. The second-order valence-corrected chi connectivity index (χ2v) is 10.0. The van der Waals surface area contributed by atoms with Gasteiger partial charge in [-0.1, -0.05) is 60.1 Å². The second-order valence-electron chi connectivity index (χ2n) is 9.62. The molecule has 1 atom stereocenters. The highest BCUT2D eigenvalue weighted by molar-refractivity contribution is 6.33. The Kier molecular flexibility index (Phi) is 5.97. The molecule has 6 rings (SSSR count). The molecule has 1 saturated heterocycles. The number of alkyl carbamates (subject to hydrolysis) is 1. The lowest BCUT2D eigenvalue weighted by Gasteiger charge is -2.53. The number of nitrogens with zero attached hydrogens (tertiary/aromatic N) is 4. The van der Waals surface area contributed by atoms with Crippen LogP contribution in [-0.4, -0.2) is 45.4 Å². The number of carbonyl (C=O) groups excluding carboxylic acids is 1. The van der Waals surface area contributed by atoms with Gasteiger partial charge in [-0.2, -0.15) is 5.10 Å². The molecule has 1 unspecified atom stereocenters. The van der Waals surface area contributed by atoms with E-state index < -0.39 is 0 Å². The zero-order valence-corrected chi connectivity index (χ0v) is 20.5. The summed E-state index contributed by atoms with van der Waals surface area (Å²) in [5, 5.41) is 11.2. The van der Waals surface area contributed by atoms with Gasteiger partial charge in [0.2, 0.25) is 0 Å². The van der Waals surface area contributed by atoms with Crippen molar-refractivity contribution in [3.8, 4) is 11.3 Å². The molecule has 0 bridgehead atoms. The first kappa shape index (κ1) is 22.8. The average Bonchev–Trinajstić information content (AvgIpc) is 3.34. The normalized spacial score (nSPS) is 18.7. The standard InChI is InChI=1S/C27H27ClN6O2/c28-20-9-5-4-8-19(20)23-24-25(33-32-23)31-22(16-29-24)34-14-12-27(13-15-34)11-10-21(27)30-26(35)36-17-18-6-2-1-3-7-18/h1-9,16,21H,10-15,17H2,(H,30,35)(H,31,32,33). The van der Waals surface area contributed by atoms with Gasteiger partial charge < -0.3 is 15.0 Å². The van der Waals surface area contributed by atoms with Gasteiger partial charge in [0.05, 0.1) is 11.2 Å². The maximum Gasteiger partial charge on any atom is 0.407 e. The van der Waals surface area contributed by atoms with Gasteiger partial charge in [-0.25, -0.2) is 14.8 Å². The Morgan fingerprint density at radius 2 is 1.89 bits per heavy atom. The van der Waals surface area contributed by atoms with E-state index >= 15 is 0 Å². The van der Waals surface area contributed by atoms with E-state index in [4.69, 9.17) is 21.3 Å². The van der Waals surface area contributed by atoms with E-state index in [1.54, 1.807) is 0 Å². The summed E-state index contributed by atoms with van der Waals surface area (Å²) in [4.78, 5) is 24.1. The third-order valence-electron chi connectivity index (χ3n) is 7.64. The Bertz CT molecular complexity index is 1380. The monoisotopic (exact) mass is 502 g/mol. The first-order valence-electron chi connectivity index (χ1n) is 12.3. The maximum atomic E-state index is 12.4. The van der Waals surface area contributed by atoms with Crippen molar-refractivity contribution in [2.45, 2.75) is 38.3 Å². The van der Waals surface area contributed by atoms with Crippen molar-refractivity contribution in [2.24, 2.45) is 5.41 Å². The van der Waals surface area contributed by atoms with Crippen molar-refractivity contribution in [1.29, 1.82) is 0 Å². The summed E-state index contributed by atoms with van der Waals surface area (Å²) in [5.74, 6) is 0.831. The molecule has 2 aromatic carbocycles. The molecule has 3 heterocycles. The number of hydrogen-bond acceptors (Lipinski definition) is 6. The Labute approximate surface area is 214 Å². The maximum absolute atomic E-state index is 12.4. The van der Waals surface area contributed by atoms with Crippen molar-refractivity contribution in [3.63, 3.8) is 0 Å². The lowest BCUT2D eigenvalue weighted by Crippen LogP contribution is -2.59. The van der Waals surface area contributed by atoms with Crippen LogP contribution in [0.1, 0.15) is 31.2 Å². The SMILES string of the molecule is O=C(NC1CCC12CCN(c1cnc3c(-c4ccccc4Cl)n[nH]c3n1)CC2)OCc1ccccc1. The van der Waals surface area contributed by atoms with Crippen molar-refractivity contribution in [1.82, 2.24) is 25.5 Å². The smallest absolute Gasteiger partial charge is 0.407 e. The highest BCUT2D eigenvalue weighted by atomic mass is 35.5. The molecular formula is C27H27ClN6O2. The minimum absolute atomic E-state index is 0.130. The minimum atomic E-state index is -0.338. The van der Waals surface area contributed by atoms with Gasteiger partial charge in [-0.3, -0.25) is 5.10 Å². The van der Waals surface area contributed by atoms with Crippen LogP contribution in [0, 0.1) is 5.41 Å². The van der Waals surface area contributed by atoms with E-state index in [0.717, 1.165) is 55.7 Å². The Morgan fingerprint density at radius 1 is 1.11 bits per heavy atom. The van der Waals surface area contributed by atoms with E-state index in [-0.39, 0.29) is 24.2 Å². The van der Waals surface area contributed by atoms with Gasteiger partial charge in [0.1, 0.15) is 23.6 Å². The number of piperidine rings is 1. The van der Waals surface area contributed by atoms with Gasteiger partial charge in [0, 0.05) is 24.7 Å². The van der Waals surface area contributed by atoms with Gasteiger partial charge in [-0.15, -0.1) is 0 Å². The van der Waals surface area contributed by atoms with Gasteiger partial charge in [0.15, 0.2) is 5.65 Å². The third kappa shape index (κ3) is 4.26.